The van der Waals surface area contributed by atoms with E-state index in [0.29, 0.717) is 0 Å². The zero-order valence-electron chi connectivity index (χ0n) is 16.7. The number of β-amino-alcohol motifs (C(OH)–C–C–N with tert-alkyl or cyclic N) is 1. The van der Waals surface area contributed by atoms with E-state index in [2.05, 4.69) is 47.4 Å². The van der Waals surface area contributed by atoms with Gasteiger partial charge in [0.1, 0.15) is 0 Å². The molecule has 2 aromatic carbocycles. The number of nitrogens with zero attached hydrogens (tertiary/aromatic N) is 1. The predicted octanol–water partition coefficient (Wildman–Crippen LogP) is 5.47. The highest BCUT2D eigenvalue weighted by molar-refractivity contribution is 6.30. The van der Waals surface area contributed by atoms with Crippen molar-refractivity contribution < 1.29 is 5.11 Å². The Balaban J connectivity index is 1.34. The molecule has 28 heavy (non-hydrogen) atoms. The van der Waals surface area contributed by atoms with Crippen molar-refractivity contribution in [1.29, 1.82) is 0 Å². The fourth-order valence-corrected chi connectivity index (χ4v) is 5.27. The lowest BCUT2D eigenvalue weighted by Gasteiger charge is -2.48. The summed E-state index contributed by atoms with van der Waals surface area (Å²) >= 11 is 6.08. The van der Waals surface area contributed by atoms with Gasteiger partial charge in [-0.2, -0.15) is 0 Å². The van der Waals surface area contributed by atoms with Crippen LogP contribution in [0.1, 0.15) is 49.7 Å². The lowest BCUT2D eigenvalue weighted by Crippen LogP contribution is -2.52. The first-order valence-corrected chi connectivity index (χ1v) is 11.2. The lowest BCUT2D eigenvalue weighted by molar-refractivity contribution is -0.00655. The normalized spacial score (nSPS) is 23.1. The number of likely N-dealkylation sites (tertiary alicyclic amines) is 1. The van der Waals surface area contributed by atoms with Crippen LogP contribution in [0.5, 0.6) is 0 Å². The van der Waals surface area contributed by atoms with Crippen LogP contribution in [-0.2, 0) is 11.8 Å². The van der Waals surface area contributed by atoms with Crippen molar-refractivity contribution in [3.05, 3.63) is 70.7 Å². The Kier molecular flexibility index (Phi) is 6.40. The minimum Gasteiger partial charge on any atom is -0.391 e. The second kappa shape index (κ2) is 8.98. The Morgan fingerprint density at radius 1 is 1.04 bits per heavy atom. The summed E-state index contributed by atoms with van der Waals surface area (Å²) in [5.41, 5.74) is 2.63. The predicted molar refractivity (Wildman–Crippen MR) is 117 cm³/mol. The summed E-state index contributed by atoms with van der Waals surface area (Å²) in [5.74, 6) is 0.744. The van der Waals surface area contributed by atoms with E-state index in [1.807, 2.05) is 12.1 Å². The average molecular weight is 398 g/mol. The molecule has 0 spiro atoms. The van der Waals surface area contributed by atoms with E-state index in [0.717, 1.165) is 49.8 Å². The number of piperidine rings is 1. The molecular weight excluding hydrogens is 366 g/mol. The van der Waals surface area contributed by atoms with Crippen molar-refractivity contribution in [1.82, 2.24) is 4.90 Å². The van der Waals surface area contributed by atoms with Gasteiger partial charge in [0.15, 0.2) is 0 Å². The second-order valence-corrected chi connectivity index (χ2v) is 9.26. The molecule has 0 radical (unpaired) electrons. The minimum absolute atomic E-state index is 0.0679. The largest absolute Gasteiger partial charge is 0.391 e. The number of aliphatic hydroxyl groups excluding tert-OH is 1. The Bertz CT molecular complexity index is 741. The number of hydrogen-bond donors (Lipinski definition) is 1. The van der Waals surface area contributed by atoms with Crippen molar-refractivity contribution >= 4 is 11.6 Å². The molecular formula is C25H32ClNO. The van der Waals surface area contributed by atoms with Gasteiger partial charge in [-0.1, -0.05) is 60.5 Å². The van der Waals surface area contributed by atoms with Crippen LogP contribution in [0, 0.1) is 5.92 Å². The van der Waals surface area contributed by atoms with Gasteiger partial charge in [-0.3, -0.25) is 0 Å². The van der Waals surface area contributed by atoms with Crippen molar-refractivity contribution in [2.75, 3.05) is 19.6 Å². The fraction of sp³-hybridized carbons (Fsp3) is 0.520. The van der Waals surface area contributed by atoms with Crippen LogP contribution < -0.4 is 0 Å². The molecule has 3 heteroatoms. The van der Waals surface area contributed by atoms with E-state index in [1.165, 1.54) is 36.8 Å². The fourth-order valence-electron chi connectivity index (χ4n) is 5.14. The van der Waals surface area contributed by atoms with Crippen LogP contribution in [0.4, 0.5) is 0 Å². The molecule has 1 heterocycles. The maximum absolute atomic E-state index is 11.2. The third kappa shape index (κ3) is 4.45. The van der Waals surface area contributed by atoms with Gasteiger partial charge in [-0.25, -0.2) is 0 Å². The first kappa shape index (κ1) is 19.9. The van der Waals surface area contributed by atoms with E-state index in [4.69, 9.17) is 11.6 Å². The summed E-state index contributed by atoms with van der Waals surface area (Å²) < 4.78 is 0. The van der Waals surface area contributed by atoms with E-state index < -0.39 is 0 Å². The summed E-state index contributed by atoms with van der Waals surface area (Å²) in [6.07, 6.45) is 8.06. The number of aryl methyl sites for hydroxylation is 1. The molecule has 1 aliphatic carbocycles. The zero-order chi connectivity index (χ0) is 19.4. The molecule has 2 atom stereocenters. The first-order chi connectivity index (χ1) is 13.7. The molecule has 150 valence electrons. The maximum atomic E-state index is 11.2. The first-order valence-electron chi connectivity index (χ1n) is 10.9. The van der Waals surface area contributed by atoms with Crippen LogP contribution in [0.15, 0.2) is 54.6 Å². The molecule has 2 aromatic rings. The molecule has 0 aromatic heterocycles. The molecule has 0 bridgehead atoms. The Morgan fingerprint density at radius 3 is 2.46 bits per heavy atom. The third-order valence-electron chi connectivity index (χ3n) is 7.02. The molecule has 1 saturated heterocycles. The van der Waals surface area contributed by atoms with Gasteiger partial charge < -0.3 is 10.0 Å². The molecule has 2 aliphatic rings. The molecule has 1 saturated carbocycles. The standard InChI is InChI=1S/C25H32ClNO/c26-23-13-11-22(12-14-23)25(15-5-16-25)24(28)19-27-17-4-8-21(18-27)10-9-20-6-2-1-3-7-20/h1-3,6-7,11-14,21,24,28H,4-5,8-10,15-19H2/t21-,24+/m0/s1. The summed E-state index contributed by atoms with van der Waals surface area (Å²) in [6, 6.07) is 19.0. The molecule has 1 aliphatic heterocycles. The molecule has 0 amide bonds. The smallest absolute Gasteiger partial charge is 0.0763 e. The second-order valence-electron chi connectivity index (χ2n) is 8.82. The van der Waals surface area contributed by atoms with Crippen molar-refractivity contribution in [3.8, 4) is 0 Å². The van der Waals surface area contributed by atoms with Gasteiger partial charge >= 0.3 is 0 Å². The average Bonchev–Trinajstić information content (AvgIpc) is 2.68. The van der Waals surface area contributed by atoms with Gasteiger partial charge in [-0.15, -0.1) is 0 Å². The maximum Gasteiger partial charge on any atom is 0.0763 e. The highest BCUT2D eigenvalue weighted by Gasteiger charge is 2.45. The summed E-state index contributed by atoms with van der Waals surface area (Å²) in [7, 11) is 0. The summed E-state index contributed by atoms with van der Waals surface area (Å²) in [6.45, 7) is 3.04. The molecule has 2 nitrogen and oxygen atoms in total. The minimum atomic E-state index is -0.296. The summed E-state index contributed by atoms with van der Waals surface area (Å²) in [4.78, 5) is 2.51. The number of hydrogen-bond acceptors (Lipinski definition) is 2. The van der Waals surface area contributed by atoms with Crippen LogP contribution in [0.3, 0.4) is 0 Å². The van der Waals surface area contributed by atoms with Crippen molar-refractivity contribution in [2.24, 2.45) is 5.92 Å². The number of rotatable bonds is 7. The van der Waals surface area contributed by atoms with Gasteiger partial charge in [0, 0.05) is 23.5 Å². The third-order valence-corrected chi connectivity index (χ3v) is 7.27. The van der Waals surface area contributed by atoms with Crippen LogP contribution >= 0.6 is 11.6 Å². The van der Waals surface area contributed by atoms with Gasteiger partial charge in [0.05, 0.1) is 6.10 Å². The highest BCUT2D eigenvalue weighted by atomic mass is 35.5. The highest BCUT2D eigenvalue weighted by Crippen LogP contribution is 2.47. The van der Waals surface area contributed by atoms with E-state index in [1.54, 1.807) is 0 Å². The summed E-state index contributed by atoms with van der Waals surface area (Å²) in [5, 5.41) is 12.0. The van der Waals surface area contributed by atoms with Gasteiger partial charge in [0.25, 0.3) is 0 Å². The Labute approximate surface area is 174 Å². The van der Waals surface area contributed by atoms with E-state index in [9.17, 15) is 5.11 Å². The van der Waals surface area contributed by atoms with Crippen LogP contribution in [0.25, 0.3) is 0 Å². The number of halogens is 1. The lowest BCUT2D eigenvalue weighted by atomic mass is 9.61. The Morgan fingerprint density at radius 2 is 1.79 bits per heavy atom. The van der Waals surface area contributed by atoms with Crippen LogP contribution in [-0.4, -0.2) is 35.7 Å². The van der Waals surface area contributed by atoms with E-state index >= 15 is 0 Å². The van der Waals surface area contributed by atoms with Crippen LogP contribution in [0.2, 0.25) is 5.02 Å². The molecule has 4 rings (SSSR count). The SMILES string of the molecule is O[C@H](CN1CCC[C@@H](CCc2ccccc2)C1)C1(c2ccc(Cl)cc2)CCC1. The quantitative estimate of drug-likeness (QED) is 0.669. The molecule has 0 unspecified atom stereocenters. The monoisotopic (exact) mass is 397 g/mol. The van der Waals surface area contributed by atoms with Crippen molar-refractivity contribution in [2.45, 2.75) is 56.5 Å². The number of benzene rings is 2. The van der Waals surface area contributed by atoms with E-state index in [-0.39, 0.29) is 11.5 Å². The molecule has 2 fully saturated rings. The zero-order valence-corrected chi connectivity index (χ0v) is 17.5. The van der Waals surface area contributed by atoms with Gasteiger partial charge in [-0.05, 0) is 74.2 Å². The van der Waals surface area contributed by atoms with Gasteiger partial charge in [0.2, 0.25) is 0 Å². The van der Waals surface area contributed by atoms with Crippen molar-refractivity contribution in [3.63, 3.8) is 0 Å². The topological polar surface area (TPSA) is 23.5 Å². The number of aliphatic hydroxyl groups is 1. The Hall–Kier alpha value is -1.35. The molecule has 1 N–H and O–H groups in total.